The molecule has 40 heavy (non-hydrogen) atoms. The van der Waals surface area contributed by atoms with E-state index in [1.807, 2.05) is 35.7 Å². The molecule has 210 valence electrons. The molecule has 1 fully saturated rings. The number of ether oxygens (including phenoxy) is 3. The van der Waals surface area contributed by atoms with Gasteiger partial charge in [-0.2, -0.15) is 0 Å². The average molecular weight is 585 g/mol. The van der Waals surface area contributed by atoms with E-state index in [0.717, 1.165) is 29.1 Å². The van der Waals surface area contributed by atoms with E-state index in [0.29, 0.717) is 30.2 Å². The van der Waals surface area contributed by atoms with Gasteiger partial charge in [0.15, 0.2) is 11.5 Å². The summed E-state index contributed by atoms with van der Waals surface area (Å²) < 4.78 is 46.5. The average Bonchev–Trinajstić information content (AvgIpc) is 3.64. The van der Waals surface area contributed by atoms with Gasteiger partial charge in [0, 0.05) is 49.7 Å². The Morgan fingerprint density at radius 3 is 2.48 bits per heavy atom. The molecule has 13 heteroatoms. The first-order valence-electron chi connectivity index (χ1n) is 12.4. The molecule has 11 nitrogen and oxygen atoms in total. The molecule has 1 aliphatic rings. The standard InChI is InChI=1S/C27H28N4O7S2/c1-35-27(11-13-36-14-12-27)26-29-20(17-39-26)15-37-16-22(31-32)25-30-23(18-5-3-2-4-6-18)24(38-25)19-7-9-21(10-8-19)40(28,33)34/h2-10,17,32H,11-16H2,1H3,(H2,28,33,34)/b31-22+. The molecule has 0 bridgehead atoms. The van der Waals surface area contributed by atoms with Crippen LogP contribution in [0.3, 0.4) is 0 Å². The maximum atomic E-state index is 11.7. The lowest BCUT2D eigenvalue weighted by atomic mass is 9.95. The third-order valence-corrected chi connectivity index (χ3v) is 8.61. The van der Waals surface area contributed by atoms with Crippen molar-refractivity contribution in [3.63, 3.8) is 0 Å². The number of thiazole rings is 1. The molecule has 0 unspecified atom stereocenters. The van der Waals surface area contributed by atoms with Crippen LogP contribution in [0.25, 0.3) is 22.6 Å². The highest BCUT2D eigenvalue weighted by atomic mass is 32.2. The topological polar surface area (TPSA) is 159 Å². The number of primary sulfonamides is 1. The highest BCUT2D eigenvalue weighted by molar-refractivity contribution is 7.89. The van der Waals surface area contributed by atoms with E-state index in [1.54, 1.807) is 19.2 Å². The molecule has 0 radical (unpaired) electrons. The van der Waals surface area contributed by atoms with Crippen LogP contribution in [-0.4, -0.2) is 56.2 Å². The molecule has 5 rings (SSSR count). The summed E-state index contributed by atoms with van der Waals surface area (Å²) in [6, 6.07) is 15.3. The highest BCUT2D eigenvalue weighted by Crippen LogP contribution is 2.37. The Morgan fingerprint density at radius 2 is 1.82 bits per heavy atom. The number of aromatic nitrogens is 2. The molecule has 2 aromatic carbocycles. The number of rotatable bonds is 10. The third kappa shape index (κ3) is 5.99. The van der Waals surface area contributed by atoms with E-state index in [4.69, 9.17) is 28.8 Å². The van der Waals surface area contributed by atoms with Crippen molar-refractivity contribution in [3.05, 3.63) is 76.6 Å². The van der Waals surface area contributed by atoms with E-state index in [1.165, 1.54) is 23.5 Å². The zero-order chi connectivity index (χ0) is 28.2. The van der Waals surface area contributed by atoms with Gasteiger partial charge in [-0.05, 0) is 24.3 Å². The third-order valence-electron chi connectivity index (χ3n) is 6.61. The molecular formula is C27H28N4O7S2. The highest BCUT2D eigenvalue weighted by Gasteiger charge is 2.37. The Balaban J connectivity index is 1.35. The Hall–Kier alpha value is -3.46. The number of oxazole rings is 1. The minimum Gasteiger partial charge on any atom is -0.434 e. The van der Waals surface area contributed by atoms with Crippen LogP contribution in [0.15, 0.2) is 74.4 Å². The molecule has 0 atom stereocenters. The summed E-state index contributed by atoms with van der Waals surface area (Å²) in [7, 11) is -2.16. The van der Waals surface area contributed by atoms with Crippen molar-refractivity contribution in [2.24, 2.45) is 10.3 Å². The van der Waals surface area contributed by atoms with Crippen LogP contribution in [0.2, 0.25) is 0 Å². The number of oxime groups is 1. The molecule has 1 saturated heterocycles. The molecule has 3 N–H and O–H groups in total. The lowest BCUT2D eigenvalue weighted by molar-refractivity contribution is -0.0949. The van der Waals surface area contributed by atoms with Gasteiger partial charge in [-0.1, -0.05) is 35.5 Å². The first-order chi connectivity index (χ1) is 19.3. The van der Waals surface area contributed by atoms with Crippen LogP contribution in [-0.2, 0) is 36.4 Å². The number of nitrogens with zero attached hydrogens (tertiary/aromatic N) is 3. The van der Waals surface area contributed by atoms with Crippen molar-refractivity contribution in [1.82, 2.24) is 9.97 Å². The van der Waals surface area contributed by atoms with E-state index in [-0.39, 0.29) is 29.7 Å². The van der Waals surface area contributed by atoms with Gasteiger partial charge in [-0.3, -0.25) is 0 Å². The SMILES string of the molecule is COC1(c2nc(COC/C(=N\O)c3nc(-c4ccccc4)c(-c4ccc(S(N)(=O)=O)cc4)o3)cs2)CCOCC1. The Bertz CT molecular complexity index is 1580. The normalized spacial score (nSPS) is 15.8. The molecule has 0 spiro atoms. The van der Waals surface area contributed by atoms with Gasteiger partial charge in [0.2, 0.25) is 15.9 Å². The molecular weight excluding hydrogens is 556 g/mol. The van der Waals surface area contributed by atoms with Gasteiger partial charge in [-0.15, -0.1) is 11.3 Å². The second kappa shape index (κ2) is 12.0. The molecule has 0 saturated carbocycles. The fourth-order valence-corrected chi connectivity index (χ4v) is 5.96. The maximum absolute atomic E-state index is 11.7. The fourth-order valence-electron chi connectivity index (χ4n) is 4.40. The monoisotopic (exact) mass is 584 g/mol. The van der Waals surface area contributed by atoms with Gasteiger partial charge in [-0.25, -0.2) is 23.5 Å². The quantitative estimate of drug-likeness (QED) is 0.158. The number of benzene rings is 2. The van der Waals surface area contributed by atoms with E-state index < -0.39 is 15.6 Å². The molecule has 2 aromatic heterocycles. The maximum Gasteiger partial charge on any atom is 0.247 e. The van der Waals surface area contributed by atoms with Gasteiger partial charge < -0.3 is 23.8 Å². The van der Waals surface area contributed by atoms with E-state index in [2.05, 4.69) is 10.1 Å². The second-order valence-corrected chi connectivity index (χ2v) is 11.5. The fraction of sp³-hybridized carbons (Fsp3) is 0.296. The largest absolute Gasteiger partial charge is 0.434 e. The van der Waals surface area contributed by atoms with Crippen molar-refractivity contribution in [2.75, 3.05) is 26.9 Å². The van der Waals surface area contributed by atoms with Gasteiger partial charge in [0.1, 0.15) is 16.3 Å². The number of nitrogens with two attached hydrogens (primary N) is 1. The summed E-state index contributed by atoms with van der Waals surface area (Å²) in [6.07, 6.45) is 1.47. The van der Waals surface area contributed by atoms with Crippen LogP contribution < -0.4 is 5.14 Å². The zero-order valence-corrected chi connectivity index (χ0v) is 23.3. The number of hydrogen-bond donors (Lipinski definition) is 2. The van der Waals surface area contributed by atoms with E-state index in [9.17, 15) is 13.6 Å². The minimum atomic E-state index is -3.85. The minimum absolute atomic E-state index is 0.0262. The Morgan fingerprint density at radius 1 is 1.10 bits per heavy atom. The van der Waals surface area contributed by atoms with Crippen molar-refractivity contribution in [2.45, 2.75) is 29.9 Å². The van der Waals surface area contributed by atoms with Crippen LogP contribution in [0.4, 0.5) is 0 Å². The van der Waals surface area contributed by atoms with E-state index >= 15 is 0 Å². The molecule has 0 amide bonds. The number of sulfonamides is 1. The van der Waals surface area contributed by atoms with Crippen molar-refractivity contribution in [1.29, 1.82) is 0 Å². The molecule has 3 heterocycles. The number of methoxy groups -OCH3 is 1. The summed E-state index contributed by atoms with van der Waals surface area (Å²) in [5.74, 6) is 0.431. The van der Waals surface area contributed by atoms with Crippen LogP contribution >= 0.6 is 11.3 Å². The Labute approximate surface area is 235 Å². The molecule has 0 aliphatic carbocycles. The summed E-state index contributed by atoms with van der Waals surface area (Å²) in [6.45, 7) is 1.33. The number of hydrogen-bond acceptors (Lipinski definition) is 11. The predicted octanol–water partition coefficient (Wildman–Crippen LogP) is 4.16. The smallest absolute Gasteiger partial charge is 0.247 e. The van der Waals surface area contributed by atoms with Crippen LogP contribution in [0, 0.1) is 0 Å². The van der Waals surface area contributed by atoms with Gasteiger partial charge in [0.05, 0.1) is 23.8 Å². The molecule has 1 aliphatic heterocycles. The van der Waals surface area contributed by atoms with Crippen LogP contribution in [0.5, 0.6) is 0 Å². The molecule has 4 aromatic rings. The van der Waals surface area contributed by atoms with Gasteiger partial charge in [0.25, 0.3) is 0 Å². The van der Waals surface area contributed by atoms with Gasteiger partial charge >= 0.3 is 0 Å². The zero-order valence-electron chi connectivity index (χ0n) is 21.6. The Kier molecular flexibility index (Phi) is 8.40. The second-order valence-electron chi connectivity index (χ2n) is 9.13. The summed E-state index contributed by atoms with van der Waals surface area (Å²) in [4.78, 5) is 9.28. The lowest BCUT2D eigenvalue weighted by Gasteiger charge is -2.33. The van der Waals surface area contributed by atoms with Crippen molar-refractivity contribution in [3.8, 4) is 22.6 Å². The summed E-state index contributed by atoms with van der Waals surface area (Å²) in [5.41, 5.74) is 2.18. The lowest BCUT2D eigenvalue weighted by Crippen LogP contribution is -2.35. The van der Waals surface area contributed by atoms with Crippen LogP contribution in [0.1, 0.15) is 29.4 Å². The summed E-state index contributed by atoms with van der Waals surface area (Å²) >= 11 is 1.52. The predicted molar refractivity (Wildman–Crippen MR) is 148 cm³/mol. The van der Waals surface area contributed by atoms with Crippen molar-refractivity contribution < 1.29 is 32.3 Å². The first-order valence-corrected chi connectivity index (χ1v) is 14.8. The summed E-state index contributed by atoms with van der Waals surface area (Å²) in [5, 5.41) is 21.2. The van der Waals surface area contributed by atoms with Crippen molar-refractivity contribution >= 4 is 27.1 Å². The first kappa shape index (κ1) is 28.1.